The highest BCUT2D eigenvalue weighted by Crippen LogP contribution is 2.21. The number of likely N-dealkylation sites (tertiary alicyclic amines) is 1. The maximum atomic E-state index is 14.5. The number of hydrogen-bond donors (Lipinski definition) is 28. The smallest absolute Gasteiger partial charge is 0.326 e. The first kappa shape index (κ1) is 106. The van der Waals surface area contributed by atoms with Crippen molar-refractivity contribution < 1.29 is 121 Å². The maximum absolute atomic E-state index is 14.5. The molecule has 50 nitrogen and oxygen atoms in total. The van der Waals surface area contributed by atoms with Crippen molar-refractivity contribution in [2.75, 3.05) is 45.1 Å². The summed E-state index contributed by atoms with van der Waals surface area (Å²) in [5, 5.41) is 83.4. The summed E-state index contributed by atoms with van der Waals surface area (Å²) in [4.78, 5) is 280. The number of aliphatic hydroxyl groups excluding tert-OH is 3. The molecule has 16 atom stereocenters. The first-order valence-corrected chi connectivity index (χ1v) is 39.6. The highest BCUT2D eigenvalue weighted by atomic mass is 32.1. The average molecular weight is 1750 g/mol. The van der Waals surface area contributed by atoms with E-state index in [0.717, 1.165) is 11.8 Å². The van der Waals surface area contributed by atoms with Gasteiger partial charge in [-0.2, -0.15) is 12.6 Å². The summed E-state index contributed by atoms with van der Waals surface area (Å²) in [6.07, 6.45) is -4.79. The molecule has 0 aliphatic carbocycles. The summed E-state index contributed by atoms with van der Waals surface area (Å²) in [6, 6.07) is -25.7. The molecule has 0 unspecified atom stereocenters. The van der Waals surface area contributed by atoms with Gasteiger partial charge >= 0.3 is 11.9 Å². The number of aliphatic hydroxyl groups is 3. The van der Waals surface area contributed by atoms with Crippen LogP contribution in [0.2, 0.25) is 0 Å². The van der Waals surface area contributed by atoms with Crippen molar-refractivity contribution in [2.45, 2.75) is 235 Å². The quantitative estimate of drug-likeness (QED) is 0.0125. The highest BCUT2D eigenvalue weighted by molar-refractivity contribution is 7.80. The predicted octanol–water partition coefficient (Wildman–Crippen LogP) is -12.9. The number of carbonyl (C=O) groups is 20. The van der Waals surface area contributed by atoms with Crippen molar-refractivity contribution in [3.8, 4) is 0 Å². The Morgan fingerprint density at radius 1 is 0.525 bits per heavy atom. The second-order valence-corrected chi connectivity index (χ2v) is 30.2. The third-order valence-electron chi connectivity index (χ3n) is 18.5. The van der Waals surface area contributed by atoms with E-state index in [0.29, 0.717) is 5.69 Å². The molecule has 34 N–H and O–H groups in total. The number of hydrogen-bond acceptors (Lipinski definition) is 28. The molecule has 684 valence electrons. The number of aromatic nitrogens is 2. The van der Waals surface area contributed by atoms with Crippen LogP contribution in [0.4, 0.5) is 0 Å². The molecular formula is C71H119N25O25S. The van der Waals surface area contributed by atoms with Gasteiger partial charge in [0.2, 0.25) is 106 Å². The number of rotatable bonds is 57. The summed E-state index contributed by atoms with van der Waals surface area (Å²) in [6.45, 7) is 7.15. The van der Waals surface area contributed by atoms with Gasteiger partial charge < -0.3 is 150 Å². The Morgan fingerprint density at radius 3 is 1.45 bits per heavy atom. The fourth-order valence-corrected chi connectivity index (χ4v) is 12.1. The first-order valence-electron chi connectivity index (χ1n) is 39.0. The third kappa shape index (κ3) is 37.8. The van der Waals surface area contributed by atoms with Gasteiger partial charge in [0, 0.05) is 43.6 Å². The lowest BCUT2D eigenvalue weighted by Gasteiger charge is -2.30. The Balaban J connectivity index is 2.46. The number of H-pyrrole nitrogens is 1. The number of nitrogens with one attached hydrogen (secondary N) is 15. The van der Waals surface area contributed by atoms with Crippen molar-refractivity contribution in [1.29, 1.82) is 0 Å². The van der Waals surface area contributed by atoms with E-state index in [2.05, 4.69) is 102 Å². The number of thiol groups is 1. The highest BCUT2D eigenvalue weighted by Gasteiger charge is 2.43. The van der Waals surface area contributed by atoms with Crippen molar-refractivity contribution in [2.24, 2.45) is 62.9 Å². The van der Waals surface area contributed by atoms with Crippen molar-refractivity contribution in [3.05, 3.63) is 18.2 Å². The maximum Gasteiger partial charge on any atom is 0.326 e. The van der Waals surface area contributed by atoms with Crippen molar-refractivity contribution in [1.82, 2.24) is 89.3 Å². The number of carboxylic acids is 2. The van der Waals surface area contributed by atoms with Gasteiger partial charge in [-0.1, -0.05) is 41.5 Å². The van der Waals surface area contributed by atoms with E-state index in [1.807, 2.05) is 0 Å². The van der Waals surface area contributed by atoms with Gasteiger partial charge in [-0.25, -0.2) is 9.78 Å². The molecular weight excluding hydrogens is 1630 g/mol. The fourth-order valence-electron chi connectivity index (χ4n) is 11.9. The molecule has 0 aromatic carbocycles. The predicted molar refractivity (Wildman–Crippen MR) is 431 cm³/mol. The number of aliphatic carboxylic acids is 2. The largest absolute Gasteiger partial charge is 0.481 e. The number of unbranched alkanes of at least 4 members (excludes halogenated alkanes) is 1. The number of primary amides is 3. The number of imidazole rings is 1. The Bertz CT molecular complexity index is 3830. The van der Waals surface area contributed by atoms with E-state index in [-0.39, 0.29) is 88.6 Å². The normalized spacial score (nSPS) is 16.1. The molecule has 1 aliphatic heterocycles. The lowest BCUT2D eigenvalue weighted by molar-refractivity contribution is -0.144. The van der Waals surface area contributed by atoms with Gasteiger partial charge in [-0.15, -0.1) is 0 Å². The number of amides is 18. The Hall–Kier alpha value is -12.0. The van der Waals surface area contributed by atoms with Gasteiger partial charge in [-0.05, 0) is 89.0 Å². The van der Waals surface area contributed by atoms with Gasteiger partial charge in [0.25, 0.3) is 0 Å². The number of guanidine groups is 1. The number of nitrogens with zero attached hydrogens (tertiary/aromatic N) is 3. The van der Waals surface area contributed by atoms with Crippen LogP contribution >= 0.6 is 12.6 Å². The van der Waals surface area contributed by atoms with Crippen LogP contribution in [-0.2, 0) is 102 Å². The third-order valence-corrected chi connectivity index (χ3v) is 18.9. The van der Waals surface area contributed by atoms with Gasteiger partial charge in [0.1, 0.15) is 84.6 Å². The van der Waals surface area contributed by atoms with Crippen LogP contribution in [0.15, 0.2) is 17.5 Å². The Kier molecular flexibility index (Phi) is 46.6. The molecule has 1 aromatic rings. The molecule has 1 aliphatic rings. The number of carboxylic acid groups (broad SMARTS) is 2. The summed E-state index contributed by atoms with van der Waals surface area (Å²) in [5.74, 6) is -25.8. The summed E-state index contributed by atoms with van der Waals surface area (Å²) >= 11 is 4.17. The Morgan fingerprint density at radius 2 is 0.975 bits per heavy atom. The molecule has 1 saturated heterocycles. The lowest BCUT2D eigenvalue weighted by Crippen LogP contribution is -2.62. The second-order valence-electron chi connectivity index (χ2n) is 29.8. The average Bonchev–Trinajstić information content (AvgIpc) is 1.67. The van der Waals surface area contributed by atoms with E-state index in [9.17, 15) is 121 Å². The molecule has 0 bridgehead atoms. The lowest BCUT2D eigenvalue weighted by atomic mass is 10.0. The van der Waals surface area contributed by atoms with Gasteiger partial charge in [0.15, 0.2) is 5.96 Å². The molecule has 0 spiro atoms. The SMILES string of the molecule is CC(C)C[C@H](NC(=O)CNC(=O)[C@@H](NC(=O)[C@H](CC(N)=O)NC(=O)[C@H](CC(N)=O)NC(=O)[C@H](CCC(=O)O)NC(=O)[C@@H]1CCCN1C(=O)[C@H](CC(N)=O)NC(=O)[C@H](CO)NC(=O)[C@H](CCCN=C(N)N)NC(=O)[C@@H](NC(=O)[C@H](CCCCN)NC(=O)[C@H](CO)NC(=O)[C@H](Cc1cnc[nH]1)NC(=O)[C@H](CS)NC(=O)[C@@H](N)C(C)C)[C@@H](C)O)C(C)C)C(=O)O. The molecule has 18 amide bonds. The van der Waals surface area contributed by atoms with E-state index in [1.54, 1.807) is 27.7 Å². The van der Waals surface area contributed by atoms with Crippen LogP contribution in [0.1, 0.15) is 138 Å². The molecule has 51 heteroatoms. The zero-order chi connectivity index (χ0) is 92.5. The summed E-state index contributed by atoms with van der Waals surface area (Å²) < 4.78 is 0. The summed E-state index contributed by atoms with van der Waals surface area (Å²) in [5.41, 5.74) is 39.3. The molecule has 2 rings (SSSR count). The van der Waals surface area contributed by atoms with Crippen LogP contribution in [0.25, 0.3) is 0 Å². The molecule has 1 aromatic heterocycles. The number of aromatic amines is 1. The van der Waals surface area contributed by atoms with Crippen LogP contribution in [0.3, 0.4) is 0 Å². The standard InChI is InChI=1S/C71H119N25O25S/c1-31(2)20-43(70(120)121)83-51(103)26-81-67(117)54(33(5)6)94-61(111)41(23-49(74)101)89-60(110)40(22-48(73)100)88-57(107)38(15-16-52(104)105)85-65(115)47-14-11-19-96(47)69(119)42(24-50(75)102)90-63(113)45(28-98)91-56(106)37(13-10-18-80-71(77)78)86-68(118)55(34(7)99)95-58(108)36(12-8-9-17-72)84-62(112)44(27-97)92-59(109)39(21-35-25-79-30-82-35)87-64(114)46(29-122)93-66(116)53(76)32(3)4/h25,30-34,36-47,53-55,97-99,122H,8-24,26-29,72,76H2,1-7H3,(H2,73,100)(H2,74,101)(H2,75,102)(H,79,82)(H,81,117)(H,83,103)(H,84,112)(H,85,115)(H,86,118)(H,87,114)(H,88,107)(H,89,110)(H,90,113)(H,91,106)(H,92,109)(H,93,116)(H,94,111)(H,95,108)(H,104,105)(H,120,121)(H4,77,78,80)/t34-,36+,37+,38+,39+,40+,41+,42+,43+,44+,45+,46+,47+,53+,54+,55+/m1/s1. The van der Waals surface area contributed by atoms with Crippen LogP contribution < -0.4 is 115 Å². The number of nitrogens with two attached hydrogens (primary N) is 7. The molecule has 122 heavy (non-hydrogen) atoms. The minimum Gasteiger partial charge on any atom is -0.481 e. The van der Waals surface area contributed by atoms with Gasteiger partial charge in [0.05, 0.1) is 57.5 Å². The minimum absolute atomic E-state index is 0.00351. The molecule has 1 fully saturated rings. The molecule has 2 heterocycles. The van der Waals surface area contributed by atoms with E-state index >= 15 is 0 Å². The van der Waals surface area contributed by atoms with Crippen molar-refractivity contribution >= 4 is 137 Å². The minimum atomic E-state index is -2.09. The van der Waals surface area contributed by atoms with Crippen LogP contribution in [0.5, 0.6) is 0 Å². The van der Waals surface area contributed by atoms with Crippen LogP contribution in [-0.4, -0.2) is 307 Å². The monoisotopic (exact) mass is 1750 g/mol. The van der Waals surface area contributed by atoms with E-state index in [1.165, 1.54) is 26.4 Å². The molecule has 0 radical (unpaired) electrons. The van der Waals surface area contributed by atoms with Crippen molar-refractivity contribution in [3.63, 3.8) is 0 Å². The van der Waals surface area contributed by atoms with E-state index < -0.39 is 285 Å². The Labute approximate surface area is 706 Å². The van der Waals surface area contributed by atoms with Gasteiger partial charge in [-0.3, -0.25) is 96.1 Å². The number of carbonyl (C=O) groups excluding carboxylic acids is 18. The topological polar surface area (TPSA) is 837 Å². The second kappa shape index (κ2) is 53.6. The molecule has 0 saturated carbocycles. The van der Waals surface area contributed by atoms with Crippen LogP contribution in [0, 0.1) is 17.8 Å². The first-order chi connectivity index (χ1) is 57.2. The fraction of sp³-hybridized carbons (Fsp3) is 0.662. The number of aliphatic imine (C=N–C) groups is 1. The zero-order valence-corrected chi connectivity index (χ0v) is 69.6. The summed E-state index contributed by atoms with van der Waals surface area (Å²) in [7, 11) is 0. The van der Waals surface area contributed by atoms with E-state index in [4.69, 9.17) is 40.1 Å². The zero-order valence-electron chi connectivity index (χ0n) is 68.7.